The molecule has 188 valence electrons. The first-order valence-electron chi connectivity index (χ1n) is 10.8. The predicted molar refractivity (Wildman–Crippen MR) is 112 cm³/mol. The molecule has 3 aliphatic rings. The summed E-state index contributed by atoms with van der Waals surface area (Å²) in [7, 11) is 0. The van der Waals surface area contributed by atoms with E-state index in [1.807, 2.05) is 0 Å². The van der Waals surface area contributed by atoms with E-state index in [9.17, 15) is 39.9 Å². The van der Waals surface area contributed by atoms with Gasteiger partial charge in [-0.1, -0.05) is 24.3 Å². The van der Waals surface area contributed by atoms with Crippen LogP contribution in [0.25, 0.3) is 0 Å². The van der Waals surface area contributed by atoms with Gasteiger partial charge < -0.3 is 44.5 Å². The summed E-state index contributed by atoms with van der Waals surface area (Å²) in [6, 6.07) is 8.03. The van der Waals surface area contributed by atoms with Crippen LogP contribution in [0.4, 0.5) is 0 Å². The lowest BCUT2D eigenvalue weighted by Gasteiger charge is -2.42. The largest absolute Gasteiger partial charge is 0.478 e. The minimum atomic E-state index is -1.77. The Labute approximate surface area is 198 Å². The Morgan fingerprint density at radius 1 is 0.914 bits per heavy atom. The molecule has 1 fully saturated rings. The number of carboxylic acids is 2. The number of carbonyl (C=O) groups excluding carboxylic acids is 1. The van der Waals surface area contributed by atoms with Crippen LogP contribution in [-0.4, -0.2) is 87.0 Å². The van der Waals surface area contributed by atoms with Crippen LogP contribution in [0.3, 0.4) is 0 Å². The molecule has 0 aromatic heterocycles. The standard InChI is InChI=1S/C23H24O12/c24-16-14(9-32-21(31)10-4-2-1-3-5-10)34-23(18(26)17(16)25)35-22-15-11(6-7-12(15)19(27)28)13(8-33-22)20(29)30/h1-5,7-8,11,14-18,22-26H,6,9H2,(H,27,28)(H,29,30)/t11-,14-,15+,16-,17+,18-,22-,23+/m1/s1. The normalized spacial score (nSPS) is 34.1. The van der Waals surface area contributed by atoms with Gasteiger partial charge in [0.1, 0.15) is 31.0 Å². The highest BCUT2D eigenvalue weighted by molar-refractivity contribution is 5.91. The van der Waals surface area contributed by atoms with Crippen molar-refractivity contribution < 1.29 is 58.9 Å². The van der Waals surface area contributed by atoms with Crippen LogP contribution in [0.1, 0.15) is 16.8 Å². The molecule has 1 saturated heterocycles. The van der Waals surface area contributed by atoms with Gasteiger partial charge in [-0.3, -0.25) is 0 Å². The van der Waals surface area contributed by atoms with Crippen LogP contribution in [0.15, 0.2) is 53.8 Å². The van der Waals surface area contributed by atoms with Gasteiger partial charge in [-0.25, -0.2) is 14.4 Å². The monoisotopic (exact) mass is 492 g/mol. The van der Waals surface area contributed by atoms with Crippen molar-refractivity contribution in [3.8, 4) is 0 Å². The molecule has 12 heteroatoms. The zero-order valence-corrected chi connectivity index (χ0v) is 18.2. The molecule has 4 rings (SSSR count). The zero-order chi connectivity index (χ0) is 25.3. The molecule has 8 atom stereocenters. The number of ether oxygens (including phenoxy) is 4. The third-order valence-electron chi connectivity index (χ3n) is 6.22. The molecule has 2 heterocycles. The summed E-state index contributed by atoms with van der Waals surface area (Å²) in [6.07, 6.45) is -6.98. The van der Waals surface area contributed by atoms with Gasteiger partial charge in [0, 0.05) is 11.5 Å². The SMILES string of the molecule is O=C(O)C1=CC[C@@H]2C(C(=O)O)=CO[C@H](O[C@@H]3O[C@H](COC(=O)c4ccccc4)[C@@H](O)[C@H](O)[C@H]3O)[C@H]12. The molecular weight excluding hydrogens is 468 g/mol. The Balaban J connectivity index is 1.48. The number of aliphatic hydroxyl groups is 3. The lowest BCUT2D eigenvalue weighted by Crippen LogP contribution is -2.60. The second-order valence-electron chi connectivity index (χ2n) is 8.33. The molecule has 1 aliphatic carbocycles. The van der Waals surface area contributed by atoms with Crippen LogP contribution in [0, 0.1) is 11.8 Å². The topological polar surface area (TPSA) is 189 Å². The van der Waals surface area contributed by atoms with Crippen molar-refractivity contribution in [3.05, 3.63) is 59.4 Å². The van der Waals surface area contributed by atoms with Crippen LogP contribution in [-0.2, 0) is 28.5 Å². The van der Waals surface area contributed by atoms with Gasteiger partial charge in [-0.2, -0.15) is 0 Å². The molecule has 0 saturated carbocycles. The summed E-state index contributed by atoms with van der Waals surface area (Å²) < 4.78 is 21.7. The first-order valence-corrected chi connectivity index (χ1v) is 10.8. The summed E-state index contributed by atoms with van der Waals surface area (Å²) >= 11 is 0. The fraction of sp³-hybridized carbons (Fsp3) is 0.435. The van der Waals surface area contributed by atoms with E-state index in [1.54, 1.807) is 18.2 Å². The number of carboxylic acid groups (broad SMARTS) is 2. The Bertz CT molecular complexity index is 1030. The van der Waals surface area contributed by atoms with Crippen molar-refractivity contribution in [2.45, 2.75) is 43.4 Å². The van der Waals surface area contributed by atoms with E-state index in [0.717, 1.165) is 6.26 Å². The maximum atomic E-state index is 12.2. The molecule has 0 spiro atoms. The minimum absolute atomic E-state index is 0.119. The number of carbonyl (C=O) groups is 3. The second-order valence-corrected chi connectivity index (χ2v) is 8.33. The predicted octanol–water partition coefficient (Wildman–Crippen LogP) is -0.360. The molecule has 1 aromatic rings. The van der Waals surface area contributed by atoms with E-state index in [1.165, 1.54) is 18.2 Å². The van der Waals surface area contributed by atoms with E-state index in [4.69, 9.17) is 18.9 Å². The number of benzene rings is 1. The van der Waals surface area contributed by atoms with Gasteiger partial charge in [-0.05, 0) is 18.6 Å². The number of fused-ring (bicyclic) bond motifs is 1. The van der Waals surface area contributed by atoms with Crippen LogP contribution in [0.5, 0.6) is 0 Å². The average molecular weight is 492 g/mol. The summed E-state index contributed by atoms with van der Waals surface area (Å²) in [5, 5.41) is 50.0. The maximum absolute atomic E-state index is 12.2. The van der Waals surface area contributed by atoms with Gasteiger partial charge >= 0.3 is 17.9 Å². The second kappa shape index (κ2) is 10.1. The van der Waals surface area contributed by atoms with E-state index < -0.39 is 73.3 Å². The van der Waals surface area contributed by atoms with E-state index in [2.05, 4.69) is 0 Å². The summed E-state index contributed by atoms with van der Waals surface area (Å²) in [4.78, 5) is 35.5. The van der Waals surface area contributed by atoms with Crippen LogP contribution in [0.2, 0.25) is 0 Å². The summed E-state index contributed by atoms with van der Waals surface area (Å²) in [6.45, 7) is -0.487. The Kier molecular flexibility index (Phi) is 7.19. The number of allylic oxidation sites excluding steroid dienone is 1. The summed E-state index contributed by atoms with van der Waals surface area (Å²) in [5.41, 5.74) is 0.00256. The van der Waals surface area contributed by atoms with Crippen molar-refractivity contribution >= 4 is 17.9 Å². The first kappa shape index (κ1) is 24.8. The minimum Gasteiger partial charge on any atom is -0.478 e. The highest BCUT2D eigenvalue weighted by Crippen LogP contribution is 2.44. The highest BCUT2D eigenvalue weighted by Gasteiger charge is 2.51. The molecule has 0 radical (unpaired) electrons. The molecule has 35 heavy (non-hydrogen) atoms. The van der Waals surface area contributed by atoms with Crippen LogP contribution >= 0.6 is 0 Å². The fourth-order valence-corrected chi connectivity index (χ4v) is 4.39. The molecule has 0 unspecified atom stereocenters. The van der Waals surface area contributed by atoms with Gasteiger partial charge in [-0.15, -0.1) is 0 Å². The van der Waals surface area contributed by atoms with Crippen molar-refractivity contribution in [3.63, 3.8) is 0 Å². The van der Waals surface area contributed by atoms with Crippen molar-refractivity contribution in [1.82, 2.24) is 0 Å². The van der Waals surface area contributed by atoms with E-state index >= 15 is 0 Å². The number of esters is 1. The molecule has 5 N–H and O–H groups in total. The van der Waals surface area contributed by atoms with E-state index in [-0.39, 0.29) is 23.1 Å². The first-order chi connectivity index (χ1) is 16.7. The van der Waals surface area contributed by atoms with Crippen molar-refractivity contribution in [2.24, 2.45) is 11.8 Å². The number of aliphatic hydroxyl groups excluding tert-OH is 3. The molecular formula is C23H24O12. The van der Waals surface area contributed by atoms with Gasteiger partial charge in [0.05, 0.1) is 23.3 Å². The summed E-state index contributed by atoms with van der Waals surface area (Å²) in [5.74, 6) is -5.04. The Hall–Kier alpha value is -3.29. The number of aliphatic carboxylic acids is 2. The lowest BCUT2D eigenvalue weighted by molar-refractivity contribution is -0.339. The van der Waals surface area contributed by atoms with Gasteiger partial charge in [0.25, 0.3) is 0 Å². The maximum Gasteiger partial charge on any atom is 0.338 e. The van der Waals surface area contributed by atoms with Gasteiger partial charge in [0.2, 0.25) is 6.29 Å². The van der Waals surface area contributed by atoms with Crippen molar-refractivity contribution in [2.75, 3.05) is 6.61 Å². The quantitative estimate of drug-likeness (QED) is 0.311. The zero-order valence-electron chi connectivity index (χ0n) is 18.2. The lowest BCUT2D eigenvalue weighted by atomic mass is 9.83. The molecule has 12 nitrogen and oxygen atoms in total. The van der Waals surface area contributed by atoms with Crippen LogP contribution < -0.4 is 0 Å². The fourth-order valence-electron chi connectivity index (χ4n) is 4.39. The molecule has 0 amide bonds. The average Bonchev–Trinajstić information content (AvgIpc) is 3.30. The number of hydrogen-bond donors (Lipinski definition) is 5. The molecule has 2 aliphatic heterocycles. The smallest absolute Gasteiger partial charge is 0.338 e. The van der Waals surface area contributed by atoms with Gasteiger partial charge in [0.15, 0.2) is 6.29 Å². The molecule has 1 aromatic carbocycles. The number of hydrogen-bond acceptors (Lipinski definition) is 10. The highest BCUT2D eigenvalue weighted by atomic mass is 16.8. The number of rotatable bonds is 7. The van der Waals surface area contributed by atoms with E-state index in [0.29, 0.717) is 0 Å². The molecule has 0 bridgehead atoms. The Morgan fingerprint density at radius 3 is 2.26 bits per heavy atom. The third-order valence-corrected chi connectivity index (χ3v) is 6.22. The van der Waals surface area contributed by atoms with Crippen molar-refractivity contribution in [1.29, 1.82) is 0 Å². The third kappa shape index (κ3) is 4.92. The Morgan fingerprint density at radius 2 is 1.60 bits per heavy atom.